The third-order valence-electron chi connectivity index (χ3n) is 3.70. The summed E-state index contributed by atoms with van der Waals surface area (Å²) < 4.78 is 10.9. The van der Waals surface area contributed by atoms with Crippen molar-refractivity contribution in [2.75, 3.05) is 32.1 Å². The van der Waals surface area contributed by atoms with Crippen LogP contribution in [0, 0.1) is 0 Å². The molecule has 1 unspecified atom stereocenters. The highest BCUT2D eigenvalue weighted by Gasteiger charge is 2.08. The van der Waals surface area contributed by atoms with Gasteiger partial charge in [-0.25, -0.2) is 0 Å². The van der Waals surface area contributed by atoms with Crippen molar-refractivity contribution in [2.45, 2.75) is 46.6 Å². The van der Waals surface area contributed by atoms with E-state index in [-0.39, 0.29) is 11.9 Å². The van der Waals surface area contributed by atoms with E-state index in [4.69, 9.17) is 9.47 Å². The van der Waals surface area contributed by atoms with Crippen molar-refractivity contribution in [3.63, 3.8) is 0 Å². The Bertz CT molecular complexity index is 590. The van der Waals surface area contributed by atoms with Gasteiger partial charge in [0.2, 0.25) is 5.91 Å². The largest absolute Gasteiger partial charge is 0.493 e. The summed E-state index contributed by atoms with van der Waals surface area (Å²) in [7, 11) is 1.61. The molecule has 7 nitrogen and oxygen atoms in total. The third kappa shape index (κ3) is 7.63. The van der Waals surface area contributed by atoms with E-state index in [0.717, 1.165) is 18.7 Å². The average Bonchev–Trinajstić information content (AvgIpc) is 2.63. The number of hydrogen-bond donors (Lipinski definition) is 3. The van der Waals surface area contributed by atoms with Gasteiger partial charge in [0.15, 0.2) is 17.5 Å². The number of ether oxygens (including phenoxy) is 2. The number of nitrogens with zero attached hydrogens (tertiary/aromatic N) is 1. The number of aliphatic imine (C=N–C) groups is 1. The van der Waals surface area contributed by atoms with Gasteiger partial charge in [0, 0.05) is 30.8 Å². The Balaban J connectivity index is 2.70. The molecule has 0 radical (unpaired) electrons. The van der Waals surface area contributed by atoms with Gasteiger partial charge in [-0.05, 0) is 39.3 Å². The minimum Gasteiger partial charge on any atom is -0.493 e. The highest BCUT2D eigenvalue weighted by Crippen LogP contribution is 2.30. The molecular weight excluding hydrogens is 332 g/mol. The van der Waals surface area contributed by atoms with Gasteiger partial charge in [0.1, 0.15) is 0 Å². The molecule has 1 aromatic rings. The first kappa shape index (κ1) is 21.6. The van der Waals surface area contributed by atoms with Gasteiger partial charge in [0.25, 0.3) is 0 Å². The van der Waals surface area contributed by atoms with Crippen molar-refractivity contribution in [3.05, 3.63) is 18.2 Å². The van der Waals surface area contributed by atoms with Gasteiger partial charge in [-0.15, -0.1) is 0 Å². The number of methoxy groups -OCH3 is 1. The van der Waals surface area contributed by atoms with Gasteiger partial charge in [-0.2, -0.15) is 0 Å². The number of nitrogens with one attached hydrogen (secondary N) is 3. The predicted molar refractivity (Wildman–Crippen MR) is 106 cm³/mol. The molecule has 0 aromatic heterocycles. The number of carbonyl (C=O) groups excluding carboxylic acids is 1. The van der Waals surface area contributed by atoms with E-state index in [1.807, 2.05) is 45.9 Å². The third-order valence-corrected chi connectivity index (χ3v) is 3.70. The topological polar surface area (TPSA) is 84.0 Å². The lowest BCUT2D eigenvalue weighted by molar-refractivity contribution is -0.121. The van der Waals surface area contributed by atoms with E-state index in [0.29, 0.717) is 37.0 Å². The molecule has 0 aliphatic heterocycles. The van der Waals surface area contributed by atoms with Crippen LogP contribution in [0.5, 0.6) is 11.5 Å². The van der Waals surface area contributed by atoms with Gasteiger partial charge in [-0.3, -0.25) is 9.79 Å². The molecule has 0 aliphatic carbocycles. The minimum atomic E-state index is 0.0154. The molecular formula is C19H32N4O3. The zero-order valence-corrected chi connectivity index (χ0v) is 16.5. The average molecular weight is 364 g/mol. The Hall–Kier alpha value is -2.44. The van der Waals surface area contributed by atoms with Crippen LogP contribution in [0.2, 0.25) is 0 Å². The summed E-state index contributed by atoms with van der Waals surface area (Å²) in [6.45, 7) is 9.66. The smallest absolute Gasteiger partial charge is 0.222 e. The summed E-state index contributed by atoms with van der Waals surface area (Å²) in [4.78, 5) is 16.3. The maximum Gasteiger partial charge on any atom is 0.222 e. The van der Waals surface area contributed by atoms with Crippen LogP contribution in [0.25, 0.3) is 0 Å². The van der Waals surface area contributed by atoms with Gasteiger partial charge < -0.3 is 25.4 Å². The number of hydrogen-bond acceptors (Lipinski definition) is 4. The molecule has 1 atom stereocenters. The van der Waals surface area contributed by atoms with Crippen molar-refractivity contribution in [3.8, 4) is 11.5 Å². The van der Waals surface area contributed by atoms with Crippen LogP contribution >= 0.6 is 0 Å². The van der Waals surface area contributed by atoms with Crippen LogP contribution in [-0.2, 0) is 4.79 Å². The number of guanidine groups is 1. The summed E-state index contributed by atoms with van der Waals surface area (Å²) in [6.07, 6.45) is 1.27. The number of rotatable bonds is 10. The molecule has 26 heavy (non-hydrogen) atoms. The molecule has 1 amide bonds. The molecule has 1 aromatic carbocycles. The molecule has 0 bridgehead atoms. The molecule has 0 aliphatic rings. The van der Waals surface area contributed by atoms with Crippen LogP contribution < -0.4 is 25.4 Å². The Labute approximate surface area is 156 Å². The quantitative estimate of drug-likeness (QED) is 0.439. The Morgan fingerprint density at radius 1 is 1.23 bits per heavy atom. The van der Waals surface area contributed by atoms with Gasteiger partial charge in [-0.1, -0.05) is 6.92 Å². The lowest BCUT2D eigenvalue weighted by Crippen LogP contribution is -2.33. The molecule has 146 valence electrons. The van der Waals surface area contributed by atoms with Gasteiger partial charge in [0.05, 0.1) is 20.3 Å². The van der Waals surface area contributed by atoms with Crippen molar-refractivity contribution in [1.29, 1.82) is 0 Å². The fourth-order valence-corrected chi connectivity index (χ4v) is 2.18. The van der Waals surface area contributed by atoms with E-state index >= 15 is 0 Å². The normalized spacial score (nSPS) is 12.3. The van der Waals surface area contributed by atoms with E-state index in [2.05, 4.69) is 20.9 Å². The summed E-state index contributed by atoms with van der Waals surface area (Å²) >= 11 is 0. The highest BCUT2D eigenvalue weighted by molar-refractivity contribution is 5.94. The zero-order valence-electron chi connectivity index (χ0n) is 16.5. The predicted octanol–water partition coefficient (Wildman–Crippen LogP) is 2.78. The van der Waals surface area contributed by atoms with E-state index < -0.39 is 0 Å². The summed E-state index contributed by atoms with van der Waals surface area (Å²) in [5.74, 6) is 1.99. The second kappa shape index (κ2) is 12.0. The maximum absolute atomic E-state index is 11.8. The summed E-state index contributed by atoms with van der Waals surface area (Å²) in [6, 6.07) is 5.80. The number of benzene rings is 1. The lowest BCUT2D eigenvalue weighted by Gasteiger charge is -2.14. The summed E-state index contributed by atoms with van der Waals surface area (Å²) in [5.41, 5.74) is 0.828. The SMILES string of the molecule is CCNC(=NCCC(=O)NC(C)CC)Nc1ccc(OCC)c(OC)c1. The summed E-state index contributed by atoms with van der Waals surface area (Å²) in [5, 5.41) is 9.33. The second-order valence-electron chi connectivity index (χ2n) is 5.81. The maximum atomic E-state index is 11.8. The number of carbonyl (C=O) groups is 1. The minimum absolute atomic E-state index is 0.0154. The van der Waals surface area contributed by atoms with E-state index in [1.54, 1.807) is 7.11 Å². The van der Waals surface area contributed by atoms with Crippen molar-refractivity contribution in [2.24, 2.45) is 4.99 Å². The molecule has 0 spiro atoms. The standard InChI is InChI=1S/C19H32N4O3/c1-6-14(4)22-18(24)11-12-21-19(20-7-2)23-15-9-10-16(26-8-3)17(13-15)25-5/h9-10,13-14H,6-8,11-12H2,1-5H3,(H,22,24)(H2,20,21,23). The first-order valence-electron chi connectivity index (χ1n) is 9.19. The molecule has 7 heteroatoms. The van der Waals surface area contributed by atoms with E-state index in [9.17, 15) is 4.79 Å². The number of anilines is 1. The first-order valence-corrected chi connectivity index (χ1v) is 9.19. The van der Waals surface area contributed by atoms with Gasteiger partial charge >= 0.3 is 0 Å². The molecule has 0 heterocycles. The van der Waals surface area contributed by atoms with Crippen LogP contribution in [0.4, 0.5) is 5.69 Å². The second-order valence-corrected chi connectivity index (χ2v) is 5.81. The monoisotopic (exact) mass is 364 g/mol. The molecule has 0 saturated carbocycles. The van der Waals surface area contributed by atoms with Crippen molar-refractivity contribution in [1.82, 2.24) is 10.6 Å². The fraction of sp³-hybridized carbons (Fsp3) is 0.579. The Morgan fingerprint density at radius 2 is 2.00 bits per heavy atom. The van der Waals surface area contributed by atoms with Crippen molar-refractivity contribution >= 4 is 17.6 Å². The fourth-order valence-electron chi connectivity index (χ4n) is 2.18. The van der Waals surface area contributed by atoms with Crippen LogP contribution in [0.3, 0.4) is 0 Å². The first-order chi connectivity index (χ1) is 12.5. The zero-order chi connectivity index (χ0) is 19.4. The van der Waals surface area contributed by atoms with Crippen LogP contribution in [0.15, 0.2) is 23.2 Å². The molecule has 0 fully saturated rings. The van der Waals surface area contributed by atoms with Crippen LogP contribution in [-0.4, -0.2) is 44.7 Å². The highest BCUT2D eigenvalue weighted by atomic mass is 16.5. The Kier molecular flexibility index (Phi) is 9.97. The van der Waals surface area contributed by atoms with Crippen LogP contribution in [0.1, 0.15) is 40.5 Å². The lowest BCUT2D eigenvalue weighted by atomic mass is 10.2. The Morgan fingerprint density at radius 3 is 2.62 bits per heavy atom. The number of amides is 1. The molecule has 0 saturated heterocycles. The molecule has 1 rings (SSSR count). The van der Waals surface area contributed by atoms with E-state index in [1.165, 1.54) is 0 Å². The van der Waals surface area contributed by atoms with Crippen molar-refractivity contribution < 1.29 is 14.3 Å². The molecule has 3 N–H and O–H groups in total.